The van der Waals surface area contributed by atoms with Gasteiger partial charge in [-0.1, -0.05) is 50.2 Å². The summed E-state index contributed by atoms with van der Waals surface area (Å²) in [5.74, 6) is 1.56. The van der Waals surface area contributed by atoms with Crippen LogP contribution in [-0.2, 0) is 0 Å². The maximum Gasteiger partial charge on any atom is 0.150 e. The van der Waals surface area contributed by atoms with Gasteiger partial charge in [0.15, 0.2) is 0 Å². The van der Waals surface area contributed by atoms with E-state index in [9.17, 15) is 4.79 Å². The molecule has 2 nitrogen and oxygen atoms in total. The second-order valence-electron chi connectivity index (χ2n) is 5.30. The fraction of sp³-hybridized carbons (Fsp3) is 0.278. The smallest absolute Gasteiger partial charge is 0.150 e. The van der Waals surface area contributed by atoms with Crippen LogP contribution in [0.2, 0.25) is 0 Å². The zero-order valence-electron chi connectivity index (χ0n) is 12.0. The number of hydrogen-bond donors (Lipinski definition) is 0. The molecular formula is C18H20O2. The van der Waals surface area contributed by atoms with Crippen LogP contribution in [0.15, 0.2) is 48.5 Å². The van der Waals surface area contributed by atoms with E-state index in [1.807, 2.05) is 48.5 Å². The van der Waals surface area contributed by atoms with E-state index >= 15 is 0 Å². The van der Waals surface area contributed by atoms with Crippen LogP contribution in [0.3, 0.4) is 0 Å². The Labute approximate surface area is 120 Å². The summed E-state index contributed by atoms with van der Waals surface area (Å²) in [6.07, 6.45) is 1.92. The second kappa shape index (κ2) is 6.90. The highest BCUT2D eigenvalue weighted by molar-refractivity contribution is 5.76. The van der Waals surface area contributed by atoms with Crippen LogP contribution < -0.4 is 4.74 Å². The van der Waals surface area contributed by atoms with E-state index in [1.54, 1.807) is 0 Å². The SMILES string of the molecule is CC(C)CCOc1ccc(-c2ccc(C=O)cc2)cc1. The zero-order chi connectivity index (χ0) is 14.4. The third-order valence-electron chi connectivity index (χ3n) is 3.20. The van der Waals surface area contributed by atoms with Gasteiger partial charge < -0.3 is 4.74 Å². The monoisotopic (exact) mass is 268 g/mol. The number of aldehydes is 1. The highest BCUT2D eigenvalue weighted by atomic mass is 16.5. The molecule has 20 heavy (non-hydrogen) atoms. The molecule has 0 amide bonds. The molecule has 0 spiro atoms. The average Bonchev–Trinajstić information content (AvgIpc) is 2.48. The first-order valence-electron chi connectivity index (χ1n) is 6.97. The molecule has 0 atom stereocenters. The first-order chi connectivity index (χ1) is 9.69. The van der Waals surface area contributed by atoms with Crippen molar-refractivity contribution in [2.45, 2.75) is 20.3 Å². The van der Waals surface area contributed by atoms with Gasteiger partial charge in [0.1, 0.15) is 12.0 Å². The predicted molar refractivity (Wildman–Crippen MR) is 82.2 cm³/mol. The first-order valence-corrected chi connectivity index (χ1v) is 6.97. The number of benzene rings is 2. The van der Waals surface area contributed by atoms with Crippen molar-refractivity contribution < 1.29 is 9.53 Å². The minimum Gasteiger partial charge on any atom is -0.494 e. The van der Waals surface area contributed by atoms with Crippen molar-refractivity contribution in [1.29, 1.82) is 0 Å². The minimum atomic E-state index is 0.658. The average molecular weight is 268 g/mol. The summed E-state index contributed by atoms with van der Waals surface area (Å²) in [5, 5.41) is 0. The van der Waals surface area contributed by atoms with Crippen molar-refractivity contribution in [3.8, 4) is 16.9 Å². The van der Waals surface area contributed by atoms with Crippen molar-refractivity contribution >= 4 is 6.29 Å². The maximum absolute atomic E-state index is 10.6. The first kappa shape index (κ1) is 14.3. The van der Waals surface area contributed by atoms with Crippen molar-refractivity contribution in [3.05, 3.63) is 54.1 Å². The molecule has 0 saturated heterocycles. The standard InChI is InChI=1S/C18H20O2/c1-14(2)11-12-20-18-9-7-17(8-10-18)16-5-3-15(13-19)4-6-16/h3-10,13-14H,11-12H2,1-2H3. The van der Waals surface area contributed by atoms with Crippen molar-refractivity contribution in [2.75, 3.05) is 6.61 Å². The molecule has 2 rings (SSSR count). The largest absolute Gasteiger partial charge is 0.494 e. The van der Waals surface area contributed by atoms with E-state index in [0.717, 1.165) is 36.2 Å². The fourth-order valence-electron chi connectivity index (χ4n) is 1.91. The lowest BCUT2D eigenvalue weighted by molar-refractivity contribution is 0.112. The Balaban J connectivity index is 2.01. The molecule has 0 aliphatic rings. The lowest BCUT2D eigenvalue weighted by atomic mass is 10.0. The number of carbonyl (C=O) groups is 1. The summed E-state index contributed by atoms with van der Waals surface area (Å²) < 4.78 is 5.70. The molecule has 0 unspecified atom stereocenters. The summed E-state index contributed by atoms with van der Waals surface area (Å²) in [6.45, 7) is 5.13. The number of hydrogen-bond acceptors (Lipinski definition) is 2. The molecular weight excluding hydrogens is 248 g/mol. The fourth-order valence-corrected chi connectivity index (χ4v) is 1.91. The summed E-state index contributed by atoms with van der Waals surface area (Å²) in [4.78, 5) is 10.6. The topological polar surface area (TPSA) is 26.3 Å². The maximum atomic E-state index is 10.6. The number of rotatable bonds is 6. The van der Waals surface area contributed by atoms with Crippen molar-refractivity contribution in [3.63, 3.8) is 0 Å². The molecule has 2 heteroatoms. The third-order valence-corrected chi connectivity index (χ3v) is 3.20. The van der Waals surface area contributed by atoms with Crippen LogP contribution in [0.5, 0.6) is 5.75 Å². The molecule has 104 valence electrons. The van der Waals surface area contributed by atoms with E-state index in [1.165, 1.54) is 0 Å². The molecule has 0 radical (unpaired) electrons. The summed E-state index contributed by atoms with van der Waals surface area (Å²) in [7, 11) is 0. The Kier molecular flexibility index (Phi) is 4.94. The molecule has 0 aliphatic heterocycles. The number of ether oxygens (including phenoxy) is 1. The highest BCUT2D eigenvalue weighted by Crippen LogP contribution is 2.22. The van der Waals surface area contributed by atoms with Gasteiger partial charge in [-0.25, -0.2) is 0 Å². The molecule has 0 heterocycles. The molecule has 0 N–H and O–H groups in total. The van der Waals surface area contributed by atoms with E-state index in [-0.39, 0.29) is 0 Å². The van der Waals surface area contributed by atoms with E-state index in [0.29, 0.717) is 11.5 Å². The van der Waals surface area contributed by atoms with Gasteiger partial charge in [0.05, 0.1) is 6.61 Å². The van der Waals surface area contributed by atoms with Gasteiger partial charge in [-0.3, -0.25) is 4.79 Å². The molecule has 0 aromatic heterocycles. The van der Waals surface area contributed by atoms with E-state index < -0.39 is 0 Å². The zero-order valence-corrected chi connectivity index (χ0v) is 12.0. The lowest BCUT2D eigenvalue weighted by Gasteiger charge is -2.09. The van der Waals surface area contributed by atoms with Gasteiger partial charge in [0.25, 0.3) is 0 Å². The predicted octanol–water partition coefficient (Wildman–Crippen LogP) is 4.59. The molecule has 2 aromatic rings. The Morgan fingerprint density at radius 2 is 1.50 bits per heavy atom. The van der Waals surface area contributed by atoms with Gasteiger partial charge in [-0.15, -0.1) is 0 Å². The Hall–Kier alpha value is -2.09. The molecule has 2 aromatic carbocycles. The Bertz CT molecular complexity index is 539. The van der Waals surface area contributed by atoms with Crippen LogP contribution >= 0.6 is 0 Å². The van der Waals surface area contributed by atoms with Crippen molar-refractivity contribution in [1.82, 2.24) is 0 Å². The molecule has 0 aliphatic carbocycles. The normalized spacial score (nSPS) is 10.6. The quantitative estimate of drug-likeness (QED) is 0.716. The lowest BCUT2D eigenvalue weighted by Crippen LogP contribution is -2.01. The van der Waals surface area contributed by atoms with Gasteiger partial charge >= 0.3 is 0 Å². The van der Waals surface area contributed by atoms with Crippen LogP contribution in [0.1, 0.15) is 30.6 Å². The summed E-state index contributed by atoms with van der Waals surface area (Å²) in [6, 6.07) is 15.6. The molecule has 0 fully saturated rings. The van der Waals surface area contributed by atoms with Gasteiger partial charge in [-0.2, -0.15) is 0 Å². The third kappa shape index (κ3) is 3.95. The van der Waals surface area contributed by atoms with Gasteiger partial charge in [-0.05, 0) is 35.6 Å². The van der Waals surface area contributed by atoms with E-state index in [2.05, 4.69) is 13.8 Å². The Morgan fingerprint density at radius 1 is 0.950 bits per heavy atom. The summed E-state index contributed by atoms with van der Waals surface area (Å²) in [5.41, 5.74) is 2.92. The summed E-state index contributed by atoms with van der Waals surface area (Å²) >= 11 is 0. The van der Waals surface area contributed by atoms with Gasteiger partial charge in [0.2, 0.25) is 0 Å². The van der Waals surface area contributed by atoms with Crippen molar-refractivity contribution in [2.24, 2.45) is 5.92 Å². The van der Waals surface area contributed by atoms with Crippen LogP contribution in [0, 0.1) is 5.92 Å². The van der Waals surface area contributed by atoms with Crippen LogP contribution in [0.4, 0.5) is 0 Å². The Morgan fingerprint density at radius 3 is 2.00 bits per heavy atom. The highest BCUT2D eigenvalue weighted by Gasteiger charge is 2.00. The minimum absolute atomic E-state index is 0.658. The van der Waals surface area contributed by atoms with Crippen LogP contribution in [0.25, 0.3) is 11.1 Å². The van der Waals surface area contributed by atoms with E-state index in [4.69, 9.17) is 4.74 Å². The second-order valence-corrected chi connectivity index (χ2v) is 5.30. The molecule has 0 bridgehead atoms. The number of carbonyl (C=O) groups excluding carboxylic acids is 1. The van der Waals surface area contributed by atoms with Crippen LogP contribution in [-0.4, -0.2) is 12.9 Å². The van der Waals surface area contributed by atoms with Gasteiger partial charge in [0, 0.05) is 5.56 Å². The molecule has 0 saturated carbocycles.